The largest absolute Gasteiger partial charge is 0.438 e. The summed E-state index contributed by atoms with van der Waals surface area (Å²) in [6, 6.07) is 64.5. The molecule has 10 aromatic rings. The van der Waals surface area contributed by atoms with E-state index in [1.54, 1.807) is 0 Å². The molecule has 0 saturated heterocycles. The zero-order valence-corrected chi connectivity index (χ0v) is 27.6. The van der Waals surface area contributed by atoms with Crippen LogP contribution >= 0.6 is 0 Å². The predicted molar refractivity (Wildman–Crippen MR) is 211 cm³/mol. The van der Waals surface area contributed by atoms with Gasteiger partial charge in [-0.15, -0.1) is 0 Å². The Morgan fingerprint density at radius 3 is 1.76 bits per heavy atom. The first-order valence-electron chi connectivity index (χ1n) is 17.2. The van der Waals surface area contributed by atoms with E-state index >= 15 is 0 Å². The van der Waals surface area contributed by atoms with E-state index in [-0.39, 0.29) is 0 Å². The van der Waals surface area contributed by atoms with Crippen LogP contribution < -0.4 is 4.90 Å². The lowest BCUT2D eigenvalue weighted by Crippen LogP contribution is -2.11. The van der Waals surface area contributed by atoms with Gasteiger partial charge in [-0.2, -0.15) is 0 Å². The number of rotatable bonds is 6. The molecule has 0 N–H and O–H groups in total. The molecule has 0 atom stereocenters. The summed E-state index contributed by atoms with van der Waals surface area (Å²) in [5.41, 5.74) is 12.8. The first-order valence-corrected chi connectivity index (χ1v) is 17.2. The molecule has 0 spiro atoms. The van der Waals surface area contributed by atoms with Gasteiger partial charge in [-0.25, -0.2) is 4.98 Å². The maximum absolute atomic E-state index is 6.09. The molecule has 4 nitrogen and oxygen atoms in total. The molecule has 0 saturated carbocycles. The summed E-state index contributed by atoms with van der Waals surface area (Å²) in [4.78, 5) is 6.88. The van der Waals surface area contributed by atoms with E-state index in [4.69, 9.17) is 4.42 Å². The van der Waals surface area contributed by atoms with Gasteiger partial charge in [-0.05, 0) is 83.4 Å². The van der Waals surface area contributed by atoms with Gasteiger partial charge in [0.2, 0.25) is 5.71 Å². The summed E-state index contributed by atoms with van der Waals surface area (Å²) in [6.07, 6.45) is 1.83. The summed E-state index contributed by atoms with van der Waals surface area (Å²) in [6.45, 7) is 0. The number of benzene rings is 7. The van der Waals surface area contributed by atoms with E-state index < -0.39 is 0 Å². The smallest absolute Gasteiger partial charge is 0.227 e. The molecule has 7 aromatic carbocycles. The second-order valence-electron chi connectivity index (χ2n) is 12.8. The van der Waals surface area contributed by atoms with Crippen LogP contribution in [-0.4, -0.2) is 9.55 Å². The molecule has 0 unspecified atom stereocenters. The summed E-state index contributed by atoms with van der Waals surface area (Å²) in [5.74, 6) is 0. The third-order valence-corrected chi connectivity index (χ3v) is 9.89. The highest BCUT2D eigenvalue weighted by atomic mass is 16.3. The molecular weight excluding hydrogens is 623 g/mol. The number of pyridine rings is 1. The molecule has 51 heavy (non-hydrogen) atoms. The molecule has 240 valence electrons. The van der Waals surface area contributed by atoms with Crippen LogP contribution in [-0.2, 0) is 0 Å². The molecule has 0 aliphatic heterocycles. The zero-order valence-electron chi connectivity index (χ0n) is 27.6. The average molecular weight is 654 g/mol. The average Bonchev–Trinajstić information content (AvgIpc) is 3.75. The Labute approximate surface area is 295 Å². The molecule has 0 amide bonds. The van der Waals surface area contributed by atoms with Gasteiger partial charge >= 0.3 is 0 Å². The molecule has 0 bridgehead atoms. The highest BCUT2D eigenvalue weighted by Crippen LogP contribution is 2.42. The molecule has 0 radical (unpaired) electrons. The van der Waals surface area contributed by atoms with E-state index in [9.17, 15) is 0 Å². The van der Waals surface area contributed by atoms with Gasteiger partial charge in [0.25, 0.3) is 0 Å². The second-order valence-corrected chi connectivity index (χ2v) is 12.8. The molecule has 0 fully saturated rings. The summed E-state index contributed by atoms with van der Waals surface area (Å²) in [5, 5.41) is 4.64. The maximum atomic E-state index is 6.09. The van der Waals surface area contributed by atoms with Crippen molar-refractivity contribution in [3.05, 3.63) is 188 Å². The van der Waals surface area contributed by atoms with E-state index in [2.05, 4.69) is 178 Å². The van der Waals surface area contributed by atoms with Gasteiger partial charge in [0.15, 0.2) is 0 Å². The normalized spacial score (nSPS) is 11.5. The summed E-state index contributed by atoms with van der Waals surface area (Å²) < 4.78 is 8.45. The number of hydrogen-bond donors (Lipinski definition) is 0. The Morgan fingerprint density at radius 2 is 1.02 bits per heavy atom. The second kappa shape index (κ2) is 11.9. The van der Waals surface area contributed by atoms with Crippen molar-refractivity contribution in [2.45, 2.75) is 0 Å². The molecule has 4 heteroatoms. The fourth-order valence-electron chi connectivity index (χ4n) is 7.59. The van der Waals surface area contributed by atoms with Crippen LogP contribution in [0, 0.1) is 0 Å². The zero-order chi connectivity index (χ0) is 33.7. The molecule has 3 aromatic heterocycles. The number of aromatic nitrogens is 2. The Bertz CT molecular complexity index is 2800. The monoisotopic (exact) mass is 653 g/mol. The fraction of sp³-hybridized carbons (Fsp3) is 0. The Kier molecular flexibility index (Phi) is 6.78. The van der Waals surface area contributed by atoms with Crippen molar-refractivity contribution in [3.63, 3.8) is 0 Å². The SMILES string of the molecule is c1ccc(N(c2ccc(-c3ccnc4oc5ccccc5c34)cc2)c2ccccc2-c2ccc(-n3c4ccccc4c4ccccc43)cc2)cc1. The van der Waals surface area contributed by atoms with Gasteiger partial charge < -0.3 is 13.9 Å². The lowest BCUT2D eigenvalue weighted by atomic mass is 9.99. The third-order valence-electron chi connectivity index (χ3n) is 9.89. The first kappa shape index (κ1) is 29.0. The molecule has 0 aliphatic carbocycles. The third kappa shape index (κ3) is 4.80. The van der Waals surface area contributed by atoms with Gasteiger partial charge in [0.05, 0.1) is 22.1 Å². The predicted octanol–water partition coefficient (Wildman–Crippen LogP) is 12.9. The number of fused-ring (bicyclic) bond motifs is 6. The number of nitrogens with zero attached hydrogens (tertiary/aromatic N) is 3. The topological polar surface area (TPSA) is 34.2 Å². The Hall–Kier alpha value is -6.91. The van der Waals surface area contributed by atoms with Crippen molar-refractivity contribution in [2.24, 2.45) is 0 Å². The minimum Gasteiger partial charge on any atom is -0.438 e. The van der Waals surface area contributed by atoms with E-state index in [0.29, 0.717) is 5.71 Å². The van der Waals surface area contributed by atoms with Crippen LogP contribution in [0.25, 0.3) is 71.8 Å². The fourth-order valence-corrected chi connectivity index (χ4v) is 7.59. The van der Waals surface area contributed by atoms with Crippen LogP contribution in [0.2, 0.25) is 0 Å². The van der Waals surface area contributed by atoms with Crippen molar-refractivity contribution in [1.29, 1.82) is 0 Å². The Balaban J connectivity index is 1.07. The molecule has 10 rings (SSSR count). The van der Waals surface area contributed by atoms with E-state index in [1.165, 1.54) is 21.8 Å². The van der Waals surface area contributed by atoms with Crippen LogP contribution in [0.15, 0.2) is 193 Å². The van der Waals surface area contributed by atoms with Crippen LogP contribution in [0.3, 0.4) is 0 Å². The first-order chi connectivity index (χ1) is 25.3. The van der Waals surface area contributed by atoms with Gasteiger partial charge in [-0.3, -0.25) is 0 Å². The minimum atomic E-state index is 0.654. The number of anilines is 3. The lowest BCUT2D eigenvalue weighted by Gasteiger charge is -2.28. The number of para-hydroxylation sites is 5. The van der Waals surface area contributed by atoms with Crippen LogP contribution in [0.5, 0.6) is 0 Å². The molecular formula is C47H31N3O. The van der Waals surface area contributed by atoms with Crippen molar-refractivity contribution in [1.82, 2.24) is 9.55 Å². The summed E-state index contributed by atoms with van der Waals surface area (Å²) >= 11 is 0. The number of hydrogen-bond acceptors (Lipinski definition) is 3. The standard InChI is InChI=1S/C47H31N3O/c1-2-12-34(13-3-1)49(35-26-24-33(25-27-35)38-30-31-48-47-46(38)41-17-7-11-21-45(41)51-47)42-18-8-4-14-37(42)32-22-28-36(29-23-32)50-43-19-9-5-15-39(43)40-16-6-10-20-44(40)50/h1-31H. The Morgan fingerprint density at radius 1 is 0.451 bits per heavy atom. The van der Waals surface area contributed by atoms with Crippen molar-refractivity contribution >= 4 is 60.9 Å². The molecule has 0 aliphatic rings. The van der Waals surface area contributed by atoms with E-state index in [0.717, 1.165) is 61.4 Å². The van der Waals surface area contributed by atoms with Gasteiger partial charge in [-0.1, -0.05) is 115 Å². The maximum Gasteiger partial charge on any atom is 0.227 e. The van der Waals surface area contributed by atoms with Gasteiger partial charge in [0.1, 0.15) is 5.58 Å². The van der Waals surface area contributed by atoms with Crippen molar-refractivity contribution in [2.75, 3.05) is 4.90 Å². The minimum absolute atomic E-state index is 0.654. The lowest BCUT2D eigenvalue weighted by molar-refractivity contribution is 0.654. The van der Waals surface area contributed by atoms with Crippen LogP contribution in [0.1, 0.15) is 0 Å². The summed E-state index contributed by atoms with van der Waals surface area (Å²) in [7, 11) is 0. The van der Waals surface area contributed by atoms with E-state index in [1.807, 2.05) is 24.4 Å². The highest BCUT2D eigenvalue weighted by Gasteiger charge is 2.19. The van der Waals surface area contributed by atoms with Gasteiger partial charge in [0, 0.05) is 45.0 Å². The van der Waals surface area contributed by atoms with Crippen molar-refractivity contribution in [3.8, 4) is 27.9 Å². The quantitative estimate of drug-likeness (QED) is 0.179. The van der Waals surface area contributed by atoms with Crippen LogP contribution in [0.4, 0.5) is 17.1 Å². The highest BCUT2D eigenvalue weighted by molar-refractivity contribution is 6.11. The van der Waals surface area contributed by atoms with Crippen molar-refractivity contribution < 1.29 is 4.42 Å². The molecule has 3 heterocycles. The number of furan rings is 1.